The zero-order valence-electron chi connectivity index (χ0n) is 6.18. The molecule has 0 radical (unpaired) electrons. The van der Waals surface area contributed by atoms with Crippen LogP contribution < -0.4 is 5.32 Å². The van der Waals surface area contributed by atoms with E-state index in [0.717, 1.165) is 5.69 Å². The summed E-state index contributed by atoms with van der Waals surface area (Å²) in [5, 5.41) is 3.04. The molecule has 0 aromatic heterocycles. The molecule has 0 heterocycles. The van der Waals surface area contributed by atoms with E-state index in [1.165, 1.54) is 12.1 Å². The number of rotatable bonds is 3. The first kappa shape index (κ1) is 7.79. The molecule has 1 rings (SSSR count). The SMILES string of the molecule is C=CCNc1ccc(F)cc1. The quantitative estimate of drug-likeness (QED) is 0.654. The molecule has 11 heavy (non-hydrogen) atoms. The van der Waals surface area contributed by atoms with Gasteiger partial charge in [-0.15, -0.1) is 6.58 Å². The summed E-state index contributed by atoms with van der Waals surface area (Å²) in [5.74, 6) is -0.214. The third-order valence-corrected chi connectivity index (χ3v) is 1.29. The van der Waals surface area contributed by atoms with Gasteiger partial charge in [0.2, 0.25) is 0 Å². The molecule has 0 saturated carbocycles. The second-order valence-electron chi connectivity index (χ2n) is 2.18. The number of halogens is 1. The van der Waals surface area contributed by atoms with Crippen LogP contribution in [0.1, 0.15) is 0 Å². The Balaban J connectivity index is 2.58. The van der Waals surface area contributed by atoms with Gasteiger partial charge in [0, 0.05) is 12.2 Å². The zero-order valence-corrected chi connectivity index (χ0v) is 6.18. The van der Waals surface area contributed by atoms with Gasteiger partial charge in [-0.2, -0.15) is 0 Å². The summed E-state index contributed by atoms with van der Waals surface area (Å²) in [4.78, 5) is 0. The smallest absolute Gasteiger partial charge is 0.123 e. The minimum atomic E-state index is -0.214. The van der Waals surface area contributed by atoms with Crippen LogP contribution >= 0.6 is 0 Å². The Hall–Kier alpha value is -1.31. The fourth-order valence-corrected chi connectivity index (χ4v) is 0.758. The highest BCUT2D eigenvalue weighted by Gasteiger charge is 1.89. The van der Waals surface area contributed by atoms with E-state index in [1.807, 2.05) is 0 Å². The third kappa shape index (κ3) is 2.42. The molecular weight excluding hydrogens is 141 g/mol. The van der Waals surface area contributed by atoms with Crippen molar-refractivity contribution in [3.05, 3.63) is 42.7 Å². The van der Waals surface area contributed by atoms with Gasteiger partial charge >= 0.3 is 0 Å². The lowest BCUT2D eigenvalue weighted by atomic mass is 10.3. The average molecular weight is 151 g/mol. The maximum absolute atomic E-state index is 12.4. The van der Waals surface area contributed by atoms with Crippen molar-refractivity contribution < 1.29 is 4.39 Å². The van der Waals surface area contributed by atoms with Crippen molar-refractivity contribution in [2.24, 2.45) is 0 Å². The third-order valence-electron chi connectivity index (χ3n) is 1.29. The molecule has 1 aromatic carbocycles. The van der Waals surface area contributed by atoms with Crippen LogP contribution in [0.5, 0.6) is 0 Å². The highest BCUT2D eigenvalue weighted by molar-refractivity contribution is 5.43. The standard InChI is InChI=1S/C9H10FN/c1-2-7-11-9-5-3-8(10)4-6-9/h2-6,11H,1,7H2. The summed E-state index contributed by atoms with van der Waals surface area (Å²) in [7, 11) is 0. The van der Waals surface area contributed by atoms with Crippen molar-refractivity contribution in [3.8, 4) is 0 Å². The van der Waals surface area contributed by atoms with Crippen molar-refractivity contribution in [2.75, 3.05) is 11.9 Å². The van der Waals surface area contributed by atoms with Crippen LogP contribution in [0.25, 0.3) is 0 Å². The molecule has 0 aliphatic rings. The van der Waals surface area contributed by atoms with E-state index in [0.29, 0.717) is 6.54 Å². The number of benzene rings is 1. The van der Waals surface area contributed by atoms with E-state index in [1.54, 1.807) is 18.2 Å². The number of nitrogens with one attached hydrogen (secondary N) is 1. The van der Waals surface area contributed by atoms with Gasteiger partial charge in [-0.3, -0.25) is 0 Å². The molecule has 0 aliphatic carbocycles. The summed E-state index contributed by atoms with van der Waals surface area (Å²) >= 11 is 0. The van der Waals surface area contributed by atoms with E-state index in [4.69, 9.17) is 0 Å². The lowest BCUT2D eigenvalue weighted by molar-refractivity contribution is 0.628. The number of hydrogen-bond acceptors (Lipinski definition) is 1. The first-order valence-corrected chi connectivity index (χ1v) is 3.43. The molecule has 0 atom stereocenters. The fourth-order valence-electron chi connectivity index (χ4n) is 0.758. The summed E-state index contributed by atoms with van der Waals surface area (Å²) in [5.41, 5.74) is 0.909. The van der Waals surface area contributed by atoms with Crippen molar-refractivity contribution in [2.45, 2.75) is 0 Å². The van der Waals surface area contributed by atoms with Gasteiger partial charge in [0.25, 0.3) is 0 Å². The van der Waals surface area contributed by atoms with E-state index < -0.39 is 0 Å². The minimum absolute atomic E-state index is 0.214. The fraction of sp³-hybridized carbons (Fsp3) is 0.111. The molecule has 0 fully saturated rings. The molecular formula is C9H10FN. The molecule has 0 aliphatic heterocycles. The normalized spacial score (nSPS) is 9.18. The van der Waals surface area contributed by atoms with Crippen LogP contribution in [0.3, 0.4) is 0 Å². The molecule has 0 spiro atoms. The van der Waals surface area contributed by atoms with Gasteiger partial charge < -0.3 is 5.32 Å². The zero-order chi connectivity index (χ0) is 8.10. The van der Waals surface area contributed by atoms with Crippen LogP contribution in [0.2, 0.25) is 0 Å². The van der Waals surface area contributed by atoms with Crippen molar-refractivity contribution in [1.29, 1.82) is 0 Å². The molecule has 0 unspecified atom stereocenters. The summed E-state index contributed by atoms with van der Waals surface area (Å²) in [6, 6.07) is 6.23. The predicted molar refractivity (Wildman–Crippen MR) is 45.1 cm³/mol. The summed E-state index contributed by atoms with van der Waals surface area (Å²) in [6.07, 6.45) is 1.75. The molecule has 1 nitrogen and oxygen atoms in total. The summed E-state index contributed by atoms with van der Waals surface area (Å²) in [6.45, 7) is 4.26. The monoisotopic (exact) mass is 151 g/mol. The Morgan fingerprint density at radius 3 is 2.55 bits per heavy atom. The van der Waals surface area contributed by atoms with Gasteiger partial charge in [0.1, 0.15) is 5.82 Å². The van der Waals surface area contributed by atoms with E-state index >= 15 is 0 Å². The van der Waals surface area contributed by atoms with Gasteiger partial charge in [-0.05, 0) is 24.3 Å². The first-order chi connectivity index (χ1) is 5.33. The summed E-state index contributed by atoms with van der Waals surface area (Å²) < 4.78 is 12.4. The van der Waals surface area contributed by atoms with E-state index in [-0.39, 0.29) is 5.82 Å². The Labute approximate surface area is 65.6 Å². The largest absolute Gasteiger partial charge is 0.382 e. The van der Waals surface area contributed by atoms with Crippen molar-refractivity contribution in [1.82, 2.24) is 0 Å². The van der Waals surface area contributed by atoms with Crippen molar-refractivity contribution in [3.63, 3.8) is 0 Å². The lowest BCUT2D eigenvalue weighted by Gasteiger charge is -2.00. The Bertz CT molecular complexity index is 228. The van der Waals surface area contributed by atoms with Gasteiger partial charge in [0.05, 0.1) is 0 Å². The Morgan fingerprint density at radius 1 is 1.36 bits per heavy atom. The van der Waals surface area contributed by atoms with E-state index in [2.05, 4.69) is 11.9 Å². The second-order valence-corrected chi connectivity index (χ2v) is 2.18. The van der Waals surface area contributed by atoms with Crippen LogP contribution in [-0.2, 0) is 0 Å². The Kier molecular flexibility index (Phi) is 2.66. The molecule has 1 aromatic rings. The highest BCUT2D eigenvalue weighted by atomic mass is 19.1. The molecule has 58 valence electrons. The number of anilines is 1. The lowest BCUT2D eigenvalue weighted by Crippen LogP contribution is -1.96. The number of hydrogen-bond donors (Lipinski definition) is 1. The molecule has 0 saturated heterocycles. The topological polar surface area (TPSA) is 12.0 Å². The maximum Gasteiger partial charge on any atom is 0.123 e. The first-order valence-electron chi connectivity index (χ1n) is 3.43. The van der Waals surface area contributed by atoms with E-state index in [9.17, 15) is 4.39 Å². The van der Waals surface area contributed by atoms with Gasteiger partial charge in [-0.25, -0.2) is 4.39 Å². The highest BCUT2D eigenvalue weighted by Crippen LogP contribution is 2.07. The Morgan fingerprint density at radius 2 is 2.00 bits per heavy atom. The van der Waals surface area contributed by atoms with Crippen LogP contribution in [0.4, 0.5) is 10.1 Å². The molecule has 1 N–H and O–H groups in total. The van der Waals surface area contributed by atoms with Crippen LogP contribution in [0, 0.1) is 5.82 Å². The van der Waals surface area contributed by atoms with Gasteiger partial charge in [0.15, 0.2) is 0 Å². The average Bonchev–Trinajstić information content (AvgIpc) is 2.04. The van der Waals surface area contributed by atoms with Gasteiger partial charge in [-0.1, -0.05) is 6.08 Å². The minimum Gasteiger partial charge on any atom is -0.382 e. The van der Waals surface area contributed by atoms with Crippen LogP contribution in [-0.4, -0.2) is 6.54 Å². The predicted octanol–water partition coefficient (Wildman–Crippen LogP) is 2.42. The van der Waals surface area contributed by atoms with Crippen molar-refractivity contribution >= 4 is 5.69 Å². The maximum atomic E-state index is 12.4. The molecule has 2 heteroatoms. The molecule has 0 amide bonds. The molecule has 0 bridgehead atoms. The second kappa shape index (κ2) is 3.76. The van der Waals surface area contributed by atoms with Crippen LogP contribution in [0.15, 0.2) is 36.9 Å².